The average molecular weight is 336 g/mol. The molecule has 2 aromatic rings. The van der Waals surface area contributed by atoms with Gasteiger partial charge in [-0.3, -0.25) is 4.79 Å². The smallest absolute Gasteiger partial charge is 0.173 e. The van der Waals surface area contributed by atoms with Crippen LogP contribution in [-0.2, 0) is 0 Å². The van der Waals surface area contributed by atoms with E-state index in [0.717, 1.165) is 28.0 Å². The standard InChI is InChI=1S/C23H28O2/c1-11-9-19(10-12(2)13(11)3)22-18(8)21(24)20-16(6)14(4)15(5)17(7)23(20)25-22/h9-10,18,22H,1-8H3. The maximum absolute atomic E-state index is 13.2. The minimum absolute atomic E-state index is 0.186. The second kappa shape index (κ2) is 6.01. The highest BCUT2D eigenvalue weighted by Gasteiger charge is 2.38. The van der Waals surface area contributed by atoms with Crippen LogP contribution in [0.1, 0.15) is 67.9 Å². The van der Waals surface area contributed by atoms with Gasteiger partial charge in [-0.15, -0.1) is 0 Å². The van der Waals surface area contributed by atoms with E-state index in [1.165, 1.54) is 27.8 Å². The van der Waals surface area contributed by atoms with Crippen LogP contribution in [0.2, 0.25) is 0 Å². The van der Waals surface area contributed by atoms with Gasteiger partial charge in [0.15, 0.2) is 5.78 Å². The van der Waals surface area contributed by atoms with Crippen LogP contribution >= 0.6 is 0 Å². The number of benzene rings is 2. The molecule has 0 radical (unpaired) electrons. The van der Waals surface area contributed by atoms with Crippen LogP contribution in [-0.4, -0.2) is 5.78 Å². The lowest BCUT2D eigenvalue weighted by Gasteiger charge is -2.34. The van der Waals surface area contributed by atoms with E-state index in [9.17, 15) is 4.79 Å². The number of hydrogen-bond acceptors (Lipinski definition) is 2. The molecule has 2 heteroatoms. The molecule has 132 valence electrons. The number of carbonyl (C=O) groups excluding carboxylic acids is 1. The maximum atomic E-state index is 13.2. The third-order valence-corrected chi connectivity index (χ3v) is 6.27. The highest BCUT2D eigenvalue weighted by molar-refractivity contribution is 6.03. The summed E-state index contributed by atoms with van der Waals surface area (Å²) in [4.78, 5) is 13.2. The van der Waals surface area contributed by atoms with Crippen LogP contribution in [0, 0.1) is 54.4 Å². The van der Waals surface area contributed by atoms with E-state index >= 15 is 0 Å². The fourth-order valence-electron chi connectivity index (χ4n) is 3.91. The Bertz CT molecular complexity index is 867. The molecule has 2 nitrogen and oxygen atoms in total. The molecule has 0 saturated heterocycles. The summed E-state index contributed by atoms with van der Waals surface area (Å²) in [6.07, 6.45) is -0.224. The minimum atomic E-state index is -0.224. The van der Waals surface area contributed by atoms with Crippen molar-refractivity contribution >= 4 is 5.78 Å². The molecule has 0 aromatic heterocycles. The van der Waals surface area contributed by atoms with Gasteiger partial charge in [-0.2, -0.15) is 0 Å². The summed E-state index contributed by atoms with van der Waals surface area (Å²) in [6, 6.07) is 4.34. The van der Waals surface area contributed by atoms with E-state index < -0.39 is 0 Å². The van der Waals surface area contributed by atoms with Crippen LogP contribution < -0.4 is 4.74 Å². The Morgan fingerprint density at radius 2 is 1.28 bits per heavy atom. The largest absolute Gasteiger partial charge is 0.484 e. The first-order chi connectivity index (χ1) is 11.6. The van der Waals surface area contributed by atoms with Gasteiger partial charge in [-0.05, 0) is 93.0 Å². The topological polar surface area (TPSA) is 26.3 Å². The van der Waals surface area contributed by atoms with Crippen molar-refractivity contribution < 1.29 is 9.53 Å². The number of ketones is 1. The van der Waals surface area contributed by atoms with Gasteiger partial charge in [-0.25, -0.2) is 0 Å². The molecular weight excluding hydrogens is 308 g/mol. The first kappa shape index (κ1) is 17.7. The average Bonchev–Trinajstić information content (AvgIpc) is 2.57. The molecule has 2 atom stereocenters. The predicted octanol–water partition coefficient (Wildman–Crippen LogP) is 5.80. The molecule has 0 N–H and O–H groups in total. The van der Waals surface area contributed by atoms with Gasteiger partial charge >= 0.3 is 0 Å². The Morgan fingerprint density at radius 1 is 0.760 bits per heavy atom. The van der Waals surface area contributed by atoms with Gasteiger partial charge in [0.1, 0.15) is 11.9 Å². The first-order valence-corrected chi connectivity index (χ1v) is 9.04. The Kier molecular flexibility index (Phi) is 4.26. The van der Waals surface area contributed by atoms with Crippen LogP contribution in [0.4, 0.5) is 0 Å². The van der Waals surface area contributed by atoms with E-state index in [4.69, 9.17) is 4.74 Å². The number of Topliss-reactive ketones (excluding diaryl/α,β-unsaturated/α-hetero) is 1. The molecule has 0 bridgehead atoms. The summed E-state index contributed by atoms with van der Waals surface area (Å²) in [5.41, 5.74) is 10.2. The van der Waals surface area contributed by atoms with Crippen molar-refractivity contribution in [3.05, 3.63) is 62.2 Å². The number of fused-ring (bicyclic) bond motifs is 1. The van der Waals surface area contributed by atoms with Crippen LogP contribution in [0.15, 0.2) is 12.1 Å². The minimum Gasteiger partial charge on any atom is -0.484 e. The number of ether oxygens (including phenoxy) is 1. The number of rotatable bonds is 1. The highest BCUT2D eigenvalue weighted by atomic mass is 16.5. The molecular formula is C23H28O2. The van der Waals surface area contributed by atoms with E-state index in [-0.39, 0.29) is 17.8 Å². The zero-order valence-electron chi connectivity index (χ0n) is 16.6. The molecule has 1 aliphatic heterocycles. The molecule has 0 saturated carbocycles. The van der Waals surface area contributed by atoms with Crippen molar-refractivity contribution in [1.29, 1.82) is 0 Å². The van der Waals surface area contributed by atoms with E-state index in [0.29, 0.717) is 0 Å². The SMILES string of the molecule is Cc1cc(C2Oc3c(C)c(C)c(C)c(C)c3C(=O)C2C)cc(C)c1C. The van der Waals surface area contributed by atoms with Crippen LogP contribution in [0.25, 0.3) is 0 Å². The summed E-state index contributed by atoms with van der Waals surface area (Å²) >= 11 is 0. The molecule has 0 spiro atoms. The Balaban J connectivity index is 2.19. The fourth-order valence-corrected chi connectivity index (χ4v) is 3.91. The number of aryl methyl sites for hydroxylation is 2. The van der Waals surface area contributed by atoms with Gasteiger partial charge in [-0.1, -0.05) is 19.1 Å². The molecule has 25 heavy (non-hydrogen) atoms. The maximum Gasteiger partial charge on any atom is 0.173 e. The summed E-state index contributed by atoms with van der Waals surface area (Å²) in [6.45, 7) is 16.7. The number of hydrogen-bond donors (Lipinski definition) is 0. The molecule has 1 aliphatic rings. The Labute approximate surface area is 151 Å². The summed E-state index contributed by atoms with van der Waals surface area (Å²) in [5.74, 6) is 0.796. The van der Waals surface area contributed by atoms with Gasteiger partial charge in [0.05, 0.1) is 11.5 Å². The Hall–Kier alpha value is -2.09. The second-order valence-electron chi connectivity index (χ2n) is 7.68. The van der Waals surface area contributed by atoms with Crippen molar-refractivity contribution in [2.45, 2.75) is 61.5 Å². The first-order valence-electron chi connectivity index (χ1n) is 9.04. The molecule has 1 heterocycles. The zero-order valence-corrected chi connectivity index (χ0v) is 16.6. The van der Waals surface area contributed by atoms with Gasteiger partial charge in [0.25, 0.3) is 0 Å². The third kappa shape index (κ3) is 2.59. The van der Waals surface area contributed by atoms with Gasteiger partial charge in [0.2, 0.25) is 0 Å². The third-order valence-electron chi connectivity index (χ3n) is 6.27. The van der Waals surface area contributed by atoms with E-state index in [2.05, 4.69) is 53.7 Å². The lowest BCUT2D eigenvalue weighted by Crippen LogP contribution is -2.31. The lowest BCUT2D eigenvalue weighted by molar-refractivity contribution is 0.0686. The highest BCUT2D eigenvalue weighted by Crippen LogP contribution is 2.44. The van der Waals surface area contributed by atoms with Gasteiger partial charge in [0, 0.05) is 0 Å². The van der Waals surface area contributed by atoms with Crippen molar-refractivity contribution in [3.8, 4) is 5.75 Å². The van der Waals surface area contributed by atoms with Crippen molar-refractivity contribution in [2.75, 3.05) is 0 Å². The summed E-state index contributed by atoms with van der Waals surface area (Å²) in [7, 11) is 0. The Morgan fingerprint density at radius 3 is 1.84 bits per heavy atom. The molecule has 0 fully saturated rings. The van der Waals surface area contributed by atoms with Gasteiger partial charge < -0.3 is 4.74 Å². The predicted molar refractivity (Wildman–Crippen MR) is 103 cm³/mol. The molecule has 0 amide bonds. The quantitative estimate of drug-likeness (QED) is 0.658. The lowest BCUT2D eigenvalue weighted by atomic mass is 9.81. The normalized spacial score (nSPS) is 19.6. The van der Waals surface area contributed by atoms with Crippen LogP contribution in [0.3, 0.4) is 0 Å². The zero-order chi connectivity index (χ0) is 18.6. The number of carbonyl (C=O) groups is 1. The second-order valence-corrected chi connectivity index (χ2v) is 7.68. The summed E-state index contributed by atoms with van der Waals surface area (Å²) in [5, 5.41) is 0. The van der Waals surface area contributed by atoms with E-state index in [1.807, 2.05) is 13.8 Å². The summed E-state index contributed by atoms with van der Waals surface area (Å²) < 4.78 is 6.48. The molecule has 2 unspecified atom stereocenters. The van der Waals surface area contributed by atoms with E-state index in [1.54, 1.807) is 0 Å². The molecule has 0 aliphatic carbocycles. The van der Waals surface area contributed by atoms with Crippen molar-refractivity contribution in [3.63, 3.8) is 0 Å². The fraction of sp³-hybridized carbons (Fsp3) is 0.435. The monoisotopic (exact) mass is 336 g/mol. The van der Waals surface area contributed by atoms with Crippen molar-refractivity contribution in [1.82, 2.24) is 0 Å². The molecule has 3 rings (SSSR count). The van der Waals surface area contributed by atoms with Crippen molar-refractivity contribution in [2.24, 2.45) is 5.92 Å². The van der Waals surface area contributed by atoms with Crippen LogP contribution in [0.5, 0.6) is 5.75 Å². The molecule has 2 aromatic carbocycles.